The van der Waals surface area contributed by atoms with Crippen molar-refractivity contribution in [2.45, 2.75) is 19.9 Å². The molecule has 0 aromatic heterocycles. The summed E-state index contributed by atoms with van der Waals surface area (Å²) in [4.78, 5) is 0. The Bertz CT molecular complexity index is 613. The van der Waals surface area contributed by atoms with E-state index >= 15 is 0 Å². The summed E-state index contributed by atoms with van der Waals surface area (Å²) in [7, 11) is 1.56. The third-order valence-electron chi connectivity index (χ3n) is 3.40. The van der Waals surface area contributed by atoms with Gasteiger partial charge in [0.2, 0.25) is 0 Å². The Hall–Kier alpha value is -1.39. The average molecular weight is 352 g/mol. The largest absolute Gasteiger partial charge is 0.496 e. The first-order valence-corrected chi connectivity index (χ1v) is 7.69. The van der Waals surface area contributed by atoms with Crippen LogP contribution in [-0.2, 0) is 0 Å². The average Bonchev–Trinajstić information content (AvgIpc) is 2.48. The number of hydrogen-bond acceptors (Lipinski definition) is 2. The van der Waals surface area contributed by atoms with Crippen LogP contribution in [0.1, 0.15) is 29.7 Å². The zero-order valence-corrected chi connectivity index (χ0v) is 14.0. The number of aryl methyl sites for hydroxylation is 1. The van der Waals surface area contributed by atoms with E-state index in [9.17, 15) is 4.39 Å². The first-order chi connectivity index (χ1) is 10.1. The number of benzene rings is 2. The fourth-order valence-electron chi connectivity index (χ4n) is 2.32. The highest BCUT2D eigenvalue weighted by molar-refractivity contribution is 9.10. The Labute approximate surface area is 133 Å². The molecular formula is C17H19BrFNO. The highest BCUT2D eigenvalue weighted by Crippen LogP contribution is 2.34. The van der Waals surface area contributed by atoms with E-state index in [2.05, 4.69) is 52.4 Å². The minimum Gasteiger partial charge on any atom is -0.496 e. The van der Waals surface area contributed by atoms with Crippen LogP contribution in [0.15, 0.2) is 40.9 Å². The summed E-state index contributed by atoms with van der Waals surface area (Å²) >= 11 is 3.25. The van der Waals surface area contributed by atoms with Gasteiger partial charge in [-0.05, 0) is 41.0 Å². The molecule has 0 heterocycles. The number of hydrogen-bond donors (Lipinski definition) is 1. The zero-order chi connectivity index (χ0) is 15.4. The molecule has 0 aliphatic rings. The second-order valence-corrected chi connectivity index (χ2v) is 5.76. The summed E-state index contributed by atoms with van der Waals surface area (Å²) in [6.07, 6.45) is 0. The maximum absolute atomic E-state index is 13.7. The van der Waals surface area contributed by atoms with E-state index in [-0.39, 0.29) is 11.9 Å². The van der Waals surface area contributed by atoms with Crippen LogP contribution in [0.4, 0.5) is 4.39 Å². The first kappa shape index (κ1) is 16.0. The summed E-state index contributed by atoms with van der Waals surface area (Å²) in [5.74, 6) is 0.219. The van der Waals surface area contributed by atoms with Crippen molar-refractivity contribution in [3.8, 4) is 5.75 Å². The smallest absolute Gasteiger partial charge is 0.141 e. The maximum atomic E-state index is 13.7. The summed E-state index contributed by atoms with van der Waals surface area (Å²) in [6.45, 7) is 4.91. The second kappa shape index (κ2) is 7.05. The number of ether oxygens (including phenoxy) is 1. The molecule has 0 fully saturated rings. The Morgan fingerprint density at radius 1 is 1.24 bits per heavy atom. The fraction of sp³-hybridized carbons (Fsp3) is 0.294. The molecule has 2 aromatic rings. The lowest BCUT2D eigenvalue weighted by Crippen LogP contribution is -2.22. The van der Waals surface area contributed by atoms with Crippen molar-refractivity contribution in [1.29, 1.82) is 0 Å². The van der Waals surface area contributed by atoms with Crippen LogP contribution in [0.2, 0.25) is 0 Å². The summed E-state index contributed by atoms with van der Waals surface area (Å²) < 4.78 is 19.5. The van der Waals surface area contributed by atoms with Gasteiger partial charge in [-0.25, -0.2) is 4.39 Å². The predicted molar refractivity (Wildman–Crippen MR) is 87.4 cm³/mol. The molecule has 0 radical (unpaired) electrons. The van der Waals surface area contributed by atoms with Crippen molar-refractivity contribution >= 4 is 15.9 Å². The van der Waals surface area contributed by atoms with Gasteiger partial charge in [0, 0.05) is 11.6 Å². The molecule has 2 rings (SSSR count). The van der Waals surface area contributed by atoms with Crippen molar-refractivity contribution in [2.75, 3.05) is 13.7 Å². The molecule has 1 unspecified atom stereocenters. The number of halogens is 2. The SMILES string of the molecule is CCNC(c1ccc(C)cc1)c1cc(Br)c(F)cc1OC. The van der Waals surface area contributed by atoms with Crippen LogP contribution >= 0.6 is 15.9 Å². The lowest BCUT2D eigenvalue weighted by atomic mass is 9.97. The topological polar surface area (TPSA) is 21.3 Å². The van der Waals surface area contributed by atoms with Gasteiger partial charge in [-0.3, -0.25) is 0 Å². The van der Waals surface area contributed by atoms with Crippen molar-refractivity contribution < 1.29 is 9.13 Å². The number of rotatable bonds is 5. The second-order valence-electron chi connectivity index (χ2n) is 4.91. The quantitative estimate of drug-likeness (QED) is 0.849. The molecule has 1 atom stereocenters. The number of nitrogens with one attached hydrogen (secondary N) is 1. The van der Waals surface area contributed by atoms with Gasteiger partial charge >= 0.3 is 0 Å². The Kier molecular flexibility index (Phi) is 5.37. The fourth-order valence-corrected chi connectivity index (χ4v) is 2.68. The predicted octanol–water partition coefficient (Wildman–Crippen LogP) is 4.60. The highest BCUT2D eigenvalue weighted by atomic mass is 79.9. The lowest BCUT2D eigenvalue weighted by molar-refractivity contribution is 0.400. The van der Waals surface area contributed by atoms with Gasteiger partial charge in [-0.2, -0.15) is 0 Å². The van der Waals surface area contributed by atoms with Crippen LogP contribution in [0, 0.1) is 12.7 Å². The van der Waals surface area contributed by atoms with Crippen LogP contribution in [0.3, 0.4) is 0 Å². The van der Waals surface area contributed by atoms with Crippen molar-refractivity contribution in [1.82, 2.24) is 5.32 Å². The van der Waals surface area contributed by atoms with Gasteiger partial charge in [0.05, 0.1) is 17.6 Å². The summed E-state index contributed by atoms with van der Waals surface area (Å²) in [6, 6.07) is 11.5. The molecule has 4 heteroatoms. The van der Waals surface area contributed by atoms with E-state index in [0.29, 0.717) is 10.2 Å². The molecule has 21 heavy (non-hydrogen) atoms. The van der Waals surface area contributed by atoms with E-state index in [0.717, 1.165) is 17.7 Å². The third-order valence-corrected chi connectivity index (χ3v) is 4.01. The highest BCUT2D eigenvalue weighted by Gasteiger charge is 2.19. The molecule has 0 bridgehead atoms. The minimum atomic E-state index is -0.324. The molecule has 0 spiro atoms. The van der Waals surface area contributed by atoms with Crippen molar-refractivity contribution in [2.24, 2.45) is 0 Å². The van der Waals surface area contributed by atoms with Crippen LogP contribution in [-0.4, -0.2) is 13.7 Å². The van der Waals surface area contributed by atoms with Gasteiger partial charge < -0.3 is 10.1 Å². The summed E-state index contributed by atoms with van der Waals surface area (Å²) in [5.41, 5.74) is 3.25. The molecule has 2 aromatic carbocycles. The van der Waals surface area contributed by atoms with Crippen molar-refractivity contribution in [3.63, 3.8) is 0 Å². The molecule has 0 aliphatic carbocycles. The van der Waals surface area contributed by atoms with Gasteiger partial charge in [0.25, 0.3) is 0 Å². The van der Waals surface area contributed by atoms with Crippen LogP contribution in [0.5, 0.6) is 5.75 Å². The molecule has 0 aliphatic heterocycles. The van der Waals surface area contributed by atoms with Gasteiger partial charge in [-0.15, -0.1) is 0 Å². The number of methoxy groups -OCH3 is 1. The van der Waals surface area contributed by atoms with Gasteiger partial charge in [-0.1, -0.05) is 36.8 Å². The lowest BCUT2D eigenvalue weighted by Gasteiger charge is -2.22. The van der Waals surface area contributed by atoms with Crippen LogP contribution in [0.25, 0.3) is 0 Å². The molecule has 0 amide bonds. The monoisotopic (exact) mass is 351 g/mol. The molecule has 0 saturated heterocycles. The first-order valence-electron chi connectivity index (χ1n) is 6.89. The maximum Gasteiger partial charge on any atom is 0.141 e. The van der Waals surface area contributed by atoms with Crippen molar-refractivity contribution in [3.05, 3.63) is 63.4 Å². The molecule has 0 saturated carbocycles. The molecule has 112 valence electrons. The van der Waals surface area contributed by atoms with Gasteiger partial charge in [0.1, 0.15) is 11.6 Å². The third kappa shape index (κ3) is 3.63. The zero-order valence-electron chi connectivity index (χ0n) is 12.4. The Morgan fingerprint density at radius 3 is 2.48 bits per heavy atom. The van der Waals surface area contributed by atoms with E-state index in [1.807, 2.05) is 6.92 Å². The van der Waals surface area contributed by atoms with E-state index < -0.39 is 0 Å². The molecule has 1 N–H and O–H groups in total. The summed E-state index contributed by atoms with van der Waals surface area (Å²) in [5, 5.41) is 3.43. The Morgan fingerprint density at radius 2 is 1.90 bits per heavy atom. The minimum absolute atomic E-state index is 0.0394. The Balaban J connectivity index is 2.51. The standard InChI is InChI=1S/C17H19BrFNO/c1-4-20-17(12-7-5-11(2)6-8-12)13-9-14(18)15(19)10-16(13)21-3/h5-10,17,20H,4H2,1-3H3. The normalized spacial score (nSPS) is 12.2. The van der Waals surface area contributed by atoms with E-state index in [4.69, 9.17) is 4.74 Å². The van der Waals surface area contributed by atoms with Gasteiger partial charge in [0.15, 0.2) is 0 Å². The van der Waals surface area contributed by atoms with E-state index in [1.54, 1.807) is 13.2 Å². The molecular weight excluding hydrogens is 333 g/mol. The van der Waals surface area contributed by atoms with Crippen LogP contribution < -0.4 is 10.1 Å². The van der Waals surface area contributed by atoms with E-state index in [1.165, 1.54) is 11.6 Å². The molecule has 2 nitrogen and oxygen atoms in total.